The van der Waals surface area contributed by atoms with Crippen molar-refractivity contribution < 1.29 is 58.0 Å². The first kappa shape index (κ1) is 99.5. The van der Waals surface area contributed by atoms with Crippen molar-refractivity contribution in [3.8, 4) is 5.75 Å². The predicted octanol–water partition coefficient (Wildman–Crippen LogP) is 19.7. The van der Waals surface area contributed by atoms with E-state index >= 15 is 0 Å². The largest absolute Gasteiger partial charge is 0.497 e. The number of carboxylic acid groups (broad SMARTS) is 1. The van der Waals surface area contributed by atoms with Crippen LogP contribution in [-0.2, 0) is 45.6 Å². The zero-order valence-electron chi connectivity index (χ0n) is 74.8. The summed E-state index contributed by atoms with van der Waals surface area (Å²) >= 11 is 25.0. The minimum atomic E-state index is -1.57. The summed E-state index contributed by atoms with van der Waals surface area (Å²) in [5, 5.41) is 28.2. The maximum absolute atomic E-state index is 13.2. The molecule has 0 aromatic heterocycles. The van der Waals surface area contributed by atoms with Gasteiger partial charge >= 0.3 is 18.2 Å². The summed E-state index contributed by atoms with van der Waals surface area (Å²) in [6.07, 6.45) is 27.1. The van der Waals surface area contributed by atoms with Gasteiger partial charge in [-0.05, 0) is 364 Å². The molecule has 4 saturated heterocycles. The van der Waals surface area contributed by atoms with Crippen LogP contribution < -0.4 is 15.4 Å². The number of aromatic carboxylic acids is 1. The van der Waals surface area contributed by atoms with Crippen LogP contribution in [0.1, 0.15) is 246 Å². The lowest BCUT2D eigenvalue weighted by Gasteiger charge is -2.37. The van der Waals surface area contributed by atoms with Gasteiger partial charge in [0, 0.05) is 81.6 Å². The SMILES string of the molecule is CC(C)(C)OC(=O)N1CCC2(CC1)C[C@H]2CCCc1ccc(C(=O)O)c(Cl)c1.CN(C)C(=O)c1ccc(CCC[C@@H]2CC23CCN(C(=O)OC(C)(C)C)CC3)cc1Cl.CN(C)C(=O)c1ccc(CCC[C@@H]2CC23CCNCC3)cc1Cl.CNC.COc1cccc([C@@](C)(O)C(=O)N2CCC3(CC2)C[C@H]3CCCc2ccc(C(=O)N(C)C)c(Cl)c2)c1.Cl. The van der Waals surface area contributed by atoms with Crippen molar-refractivity contribution >= 4 is 101 Å². The first-order valence-electron chi connectivity index (χ1n) is 43.5. The van der Waals surface area contributed by atoms with Crippen molar-refractivity contribution in [2.75, 3.05) is 116 Å². The molecule has 5 atom stereocenters. The van der Waals surface area contributed by atoms with Crippen molar-refractivity contribution in [2.24, 2.45) is 45.3 Å². The van der Waals surface area contributed by atoms with E-state index in [4.69, 9.17) is 65.7 Å². The molecule has 4 spiro atoms. The number of likely N-dealkylation sites (tertiary alicyclic amines) is 3. The summed E-state index contributed by atoms with van der Waals surface area (Å²) < 4.78 is 16.2. The number of hydrogen-bond donors (Lipinski definition) is 4. The zero-order valence-corrected chi connectivity index (χ0v) is 78.6. The molecule has 0 bridgehead atoms. The Labute approximate surface area is 747 Å². The molecule has 0 radical (unpaired) electrons. The Morgan fingerprint density at radius 3 is 1.02 bits per heavy atom. The quantitative estimate of drug-likeness (QED) is 0.0477. The molecule has 668 valence electrons. The van der Waals surface area contributed by atoms with Gasteiger partial charge in [0.2, 0.25) is 0 Å². The number of halogens is 5. The Kier molecular flexibility index (Phi) is 35.7. The number of methoxy groups -OCH3 is 1. The normalized spacial score (nSPS) is 20.2. The summed E-state index contributed by atoms with van der Waals surface area (Å²) in [7, 11) is 15.7. The fourth-order valence-electron chi connectivity index (χ4n) is 18.7. The molecule has 4 saturated carbocycles. The molecule has 121 heavy (non-hydrogen) atoms. The zero-order chi connectivity index (χ0) is 87.9. The predicted molar refractivity (Wildman–Crippen MR) is 488 cm³/mol. The van der Waals surface area contributed by atoms with E-state index in [1.165, 1.54) is 93.3 Å². The van der Waals surface area contributed by atoms with Crippen LogP contribution in [0, 0.1) is 45.3 Å². The minimum Gasteiger partial charge on any atom is -0.497 e. The van der Waals surface area contributed by atoms with Gasteiger partial charge in [-0.1, -0.05) is 82.8 Å². The lowest BCUT2D eigenvalue weighted by atomic mass is 9.87. The molecule has 4 aliphatic heterocycles. The summed E-state index contributed by atoms with van der Waals surface area (Å²) in [6.45, 7) is 20.0. The van der Waals surface area contributed by atoms with E-state index in [-0.39, 0.29) is 53.8 Å². The number of aryl methyl sites for hydroxylation is 4. The lowest BCUT2D eigenvalue weighted by molar-refractivity contribution is -0.152. The van der Waals surface area contributed by atoms with E-state index < -0.39 is 22.8 Å². The first-order valence-corrected chi connectivity index (χ1v) is 45.1. The third-order valence-electron chi connectivity index (χ3n) is 26.3. The van der Waals surface area contributed by atoms with Crippen molar-refractivity contribution in [1.82, 2.24) is 40.0 Å². The average molecular weight is 1770 g/mol. The Morgan fingerprint density at radius 2 is 0.744 bits per heavy atom. The van der Waals surface area contributed by atoms with Gasteiger partial charge in [0.25, 0.3) is 23.6 Å². The molecule has 20 nitrogen and oxygen atoms in total. The van der Waals surface area contributed by atoms with Crippen molar-refractivity contribution in [3.05, 3.63) is 167 Å². The summed E-state index contributed by atoms with van der Waals surface area (Å²) in [4.78, 5) is 95.1. The van der Waals surface area contributed by atoms with Crippen molar-refractivity contribution in [3.63, 3.8) is 0 Å². The molecule has 5 aromatic carbocycles. The fraction of sp³-hybridized carbons (Fsp3) is 0.615. The molecule has 6 amide bonds. The minimum absolute atomic E-state index is 0. The van der Waals surface area contributed by atoms with Crippen LogP contribution in [0.4, 0.5) is 9.59 Å². The van der Waals surface area contributed by atoms with Gasteiger partial charge in [0.15, 0.2) is 5.60 Å². The molecule has 25 heteroatoms. The van der Waals surface area contributed by atoms with Crippen molar-refractivity contribution in [2.45, 2.75) is 219 Å². The van der Waals surface area contributed by atoms with E-state index in [0.29, 0.717) is 88.8 Å². The third kappa shape index (κ3) is 27.6. The van der Waals surface area contributed by atoms with E-state index in [1.54, 1.807) is 103 Å². The molecular formula is C96H137Cl5N8O12. The number of carbonyl (C=O) groups excluding carboxylic acids is 6. The Bertz CT molecular complexity index is 4340. The first-order chi connectivity index (χ1) is 56.6. The number of nitrogens with one attached hydrogen (secondary N) is 2. The fourth-order valence-corrected chi connectivity index (χ4v) is 19.8. The number of rotatable bonds is 23. The molecule has 13 rings (SSSR count). The lowest BCUT2D eigenvalue weighted by Crippen LogP contribution is -2.48. The van der Waals surface area contributed by atoms with E-state index in [2.05, 4.69) is 16.7 Å². The van der Waals surface area contributed by atoms with Crippen LogP contribution in [0.5, 0.6) is 5.75 Å². The average Bonchev–Trinajstić information content (AvgIpc) is 1.59. The van der Waals surface area contributed by atoms with Gasteiger partial charge in [-0.2, -0.15) is 0 Å². The van der Waals surface area contributed by atoms with E-state index in [0.717, 1.165) is 145 Å². The Balaban J connectivity index is 0.000000200. The topological polar surface area (TPSA) is 231 Å². The van der Waals surface area contributed by atoms with Gasteiger partial charge in [-0.25, -0.2) is 14.4 Å². The maximum atomic E-state index is 13.2. The van der Waals surface area contributed by atoms with E-state index in [9.17, 15) is 38.7 Å². The molecule has 4 heterocycles. The van der Waals surface area contributed by atoms with Gasteiger partial charge in [0.1, 0.15) is 17.0 Å². The Morgan fingerprint density at radius 1 is 0.455 bits per heavy atom. The van der Waals surface area contributed by atoms with Crippen LogP contribution in [0.2, 0.25) is 20.1 Å². The number of piperidine rings is 4. The number of ether oxygens (including phenoxy) is 3. The van der Waals surface area contributed by atoms with Gasteiger partial charge in [-0.3, -0.25) is 19.2 Å². The van der Waals surface area contributed by atoms with Gasteiger partial charge < -0.3 is 64.5 Å². The second-order valence-electron chi connectivity index (χ2n) is 38.1. The summed E-state index contributed by atoms with van der Waals surface area (Å²) in [5.41, 5.74) is 6.51. The maximum Gasteiger partial charge on any atom is 0.410 e. The van der Waals surface area contributed by atoms with Gasteiger partial charge in [-0.15, -0.1) is 12.4 Å². The van der Waals surface area contributed by atoms with Crippen LogP contribution in [0.15, 0.2) is 97.1 Å². The monoisotopic (exact) mass is 1770 g/mol. The summed E-state index contributed by atoms with van der Waals surface area (Å²) in [6, 6.07) is 29.7. The molecule has 8 fully saturated rings. The highest BCUT2D eigenvalue weighted by Crippen LogP contribution is 2.64. The highest BCUT2D eigenvalue weighted by molar-refractivity contribution is 6.35. The number of nitrogens with zero attached hydrogens (tertiary/aromatic N) is 6. The number of amides is 6. The molecule has 4 N–H and O–H groups in total. The standard InChI is InChI=1S/C29H37ClN2O4.C24H35ClN2O3.C22H30ClNO4.C19H27ClN2O.C2H7N.ClH/c1-28(35,21-8-6-10-23(18-21)36-4)27(34)32-15-13-29(14-16-32)19-22(29)9-5-7-20-11-12-24(25(30)17-20)26(33)31(2)3;1-23(2,3)30-22(29)27-13-11-24(12-14-27)16-18(24)8-6-7-17-9-10-19(20(25)15-17)21(28)26(4)5;1-21(2,3)28-20(27)24-11-9-22(10-12-24)14-16(22)6-4-5-15-7-8-17(19(25)26)18(23)13-15;1-22(2)18(23)16-7-6-14(12-17(16)20)4-3-5-15-13-19(15)8-10-21-11-9-19;1-3-2;/h6,8,10-12,17-18,22,35H,5,7,9,13-16,19H2,1-4H3;9-10,15,18H,6-8,11-14,16H2,1-5H3;7-8,13,16H,4-6,9-12,14H2,1-3H3,(H,25,26);6-7,12,15,21H,3-5,8-11,13H2,1-2H3;3H,1-2H3;1H/t22-,28-;18-;16-;15-;;/m1111../s1. The van der Waals surface area contributed by atoms with Crippen LogP contribution in [0.25, 0.3) is 0 Å². The highest BCUT2D eigenvalue weighted by atomic mass is 35.5. The van der Waals surface area contributed by atoms with Crippen molar-refractivity contribution in [1.29, 1.82) is 0 Å². The number of aliphatic hydroxyl groups is 1. The molecular weight excluding hydrogens is 1630 g/mol. The summed E-state index contributed by atoms with van der Waals surface area (Å²) in [5.74, 6) is 2.35. The number of carbonyl (C=O) groups is 7. The second-order valence-corrected chi connectivity index (χ2v) is 39.7. The smallest absolute Gasteiger partial charge is 0.410 e. The van der Waals surface area contributed by atoms with E-state index in [1.807, 2.05) is 125 Å². The second kappa shape index (κ2) is 43.3. The molecule has 5 aromatic rings. The van der Waals surface area contributed by atoms with Crippen LogP contribution in [-0.4, -0.2) is 208 Å². The van der Waals surface area contributed by atoms with Gasteiger partial charge in [0.05, 0.1) is 49.5 Å². The van der Waals surface area contributed by atoms with Crippen LogP contribution >= 0.6 is 58.8 Å². The molecule has 4 aliphatic carbocycles. The number of benzene rings is 5. The van der Waals surface area contributed by atoms with Crippen LogP contribution in [0.3, 0.4) is 0 Å². The number of carboxylic acids is 1. The Hall–Kier alpha value is -6.88. The highest BCUT2D eigenvalue weighted by Gasteiger charge is 2.58. The molecule has 0 unspecified atom stereocenters. The molecule has 8 aliphatic rings. The third-order valence-corrected chi connectivity index (χ3v) is 27.5. The number of hydrogen-bond acceptors (Lipinski definition) is 13.